The van der Waals surface area contributed by atoms with Gasteiger partial charge in [0, 0.05) is 45.0 Å². The van der Waals surface area contributed by atoms with E-state index in [1.807, 2.05) is 18.7 Å². The molecule has 6 nitrogen and oxygen atoms in total. The standard InChI is InChI=1S/C19H29FN4O2/c1-4-24(5-2)19(26)14-23-10-8-22(9-11-23)13-18(25)21-16-7-6-15(3)17(20)12-16/h6-7,12H,4-5,8-11,13-14H2,1-3H3,(H,21,25). The minimum absolute atomic E-state index is 0.152. The van der Waals surface area contributed by atoms with Gasteiger partial charge in [0.15, 0.2) is 0 Å². The molecule has 7 heteroatoms. The molecular weight excluding hydrogens is 335 g/mol. The Morgan fingerprint density at radius 1 is 1.08 bits per heavy atom. The third-order valence-corrected chi connectivity index (χ3v) is 4.76. The molecule has 0 bridgehead atoms. The van der Waals surface area contributed by atoms with Crippen molar-refractivity contribution in [3.8, 4) is 0 Å². The molecule has 0 radical (unpaired) electrons. The van der Waals surface area contributed by atoms with Crippen LogP contribution in [0.3, 0.4) is 0 Å². The Morgan fingerprint density at radius 3 is 2.19 bits per heavy atom. The number of anilines is 1. The van der Waals surface area contributed by atoms with Crippen LogP contribution in [0.15, 0.2) is 18.2 Å². The lowest BCUT2D eigenvalue weighted by Gasteiger charge is -2.34. The highest BCUT2D eigenvalue weighted by Crippen LogP contribution is 2.13. The van der Waals surface area contributed by atoms with Crippen LogP contribution in [0.4, 0.5) is 10.1 Å². The quantitative estimate of drug-likeness (QED) is 0.798. The summed E-state index contributed by atoms with van der Waals surface area (Å²) in [6.07, 6.45) is 0. The molecule has 1 heterocycles. The van der Waals surface area contributed by atoms with Gasteiger partial charge in [-0.2, -0.15) is 0 Å². The molecular formula is C19H29FN4O2. The average molecular weight is 364 g/mol. The molecule has 1 aliphatic heterocycles. The van der Waals surface area contributed by atoms with Gasteiger partial charge in [-0.1, -0.05) is 6.07 Å². The van der Waals surface area contributed by atoms with Crippen molar-refractivity contribution in [2.45, 2.75) is 20.8 Å². The zero-order valence-corrected chi connectivity index (χ0v) is 15.9. The van der Waals surface area contributed by atoms with Gasteiger partial charge >= 0.3 is 0 Å². The molecule has 1 aromatic carbocycles. The fourth-order valence-electron chi connectivity index (χ4n) is 3.05. The van der Waals surface area contributed by atoms with Gasteiger partial charge in [0.05, 0.1) is 13.1 Å². The third kappa shape index (κ3) is 5.78. The number of likely N-dealkylation sites (N-methyl/N-ethyl adjacent to an activating group) is 1. The average Bonchev–Trinajstić information content (AvgIpc) is 2.61. The van der Waals surface area contributed by atoms with Crippen molar-refractivity contribution in [2.24, 2.45) is 0 Å². The van der Waals surface area contributed by atoms with Gasteiger partial charge in [-0.15, -0.1) is 0 Å². The van der Waals surface area contributed by atoms with E-state index in [1.54, 1.807) is 19.1 Å². The molecule has 0 atom stereocenters. The van der Waals surface area contributed by atoms with Gasteiger partial charge < -0.3 is 10.2 Å². The highest BCUT2D eigenvalue weighted by Gasteiger charge is 2.22. The second kappa shape index (κ2) is 9.64. The van der Waals surface area contributed by atoms with Gasteiger partial charge in [0.25, 0.3) is 0 Å². The molecule has 2 amide bonds. The topological polar surface area (TPSA) is 55.9 Å². The van der Waals surface area contributed by atoms with Crippen molar-refractivity contribution >= 4 is 17.5 Å². The van der Waals surface area contributed by atoms with Crippen LogP contribution >= 0.6 is 0 Å². The van der Waals surface area contributed by atoms with E-state index in [9.17, 15) is 14.0 Å². The SMILES string of the molecule is CCN(CC)C(=O)CN1CCN(CC(=O)Nc2ccc(C)c(F)c2)CC1. The predicted octanol–water partition coefficient (Wildman–Crippen LogP) is 1.56. The van der Waals surface area contributed by atoms with E-state index in [4.69, 9.17) is 0 Å². The molecule has 1 aliphatic rings. The maximum Gasteiger partial charge on any atom is 0.238 e. The largest absolute Gasteiger partial charge is 0.342 e. The van der Waals surface area contributed by atoms with Crippen LogP contribution in [0.25, 0.3) is 0 Å². The first-order valence-corrected chi connectivity index (χ1v) is 9.21. The molecule has 2 rings (SSSR count). The Hall–Kier alpha value is -1.99. The minimum atomic E-state index is -0.325. The lowest BCUT2D eigenvalue weighted by Crippen LogP contribution is -2.51. The molecule has 0 aliphatic carbocycles. The van der Waals surface area contributed by atoms with Gasteiger partial charge in [-0.05, 0) is 38.5 Å². The van der Waals surface area contributed by atoms with Crippen molar-refractivity contribution in [1.29, 1.82) is 0 Å². The number of amides is 2. The first kappa shape index (κ1) is 20.3. The van der Waals surface area contributed by atoms with E-state index >= 15 is 0 Å². The third-order valence-electron chi connectivity index (χ3n) is 4.76. The summed E-state index contributed by atoms with van der Waals surface area (Å²) in [4.78, 5) is 30.3. The van der Waals surface area contributed by atoms with Crippen LogP contribution < -0.4 is 5.32 Å². The van der Waals surface area contributed by atoms with Crippen molar-refractivity contribution in [2.75, 3.05) is 57.7 Å². The van der Waals surface area contributed by atoms with Crippen LogP contribution in [0, 0.1) is 12.7 Å². The lowest BCUT2D eigenvalue weighted by atomic mass is 10.2. The number of aryl methyl sites for hydroxylation is 1. The zero-order valence-electron chi connectivity index (χ0n) is 15.9. The van der Waals surface area contributed by atoms with Crippen molar-refractivity contribution in [1.82, 2.24) is 14.7 Å². The number of nitrogens with one attached hydrogen (secondary N) is 1. The Labute approximate surface area is 154 Å². The molecule has 0 spiro atoms. The summed E-state index contributed by atoms with van der Waals surface area (Å²) < 4.78 is 13.5. The van der Waals surface area contributed by atoms with Gasteiger partial charge in [-0.3, -0.25) is 19.4 Å². The van der Waals surface area contributed by atoms with Gasteiger partial charge in [-0.25, -0.2) is 4.39 Å². The molecule has 0 aromatic heterocycles. The number of benzene rings is 1. The smallest absolute Gasteiger partial charge is 0.238 e. The molecule has 1 saturated heterocycles. The van der Waals surface area contributed by atoms with Crippen LogP contribution in [0.5, 0.6) is 0 Å². The summed E-state index contributed by atoms with van der Waals surface area (Å²) in [7, 11) is 0. The first-order chi connectivity index (χ1) is 12.4. The van der Waals surface area contributed by atoms with Crippen molar-refractivity contribution in [3.63, 3.8) is 0 Å². The van der Waals surface area contributed by atoms with E-state index in [1.165, 1.54) is 6.07 Å². The van der Waals surface area contributed by atoms with Crippen LogP contribution in [0.2, 0.25) is 0 Å². The summed E-state index contributed by atoms with van der Waals surface area (Å²) in [5, 5.41) is 2.74. The molecule has 144 valence electrons. The number of rotatable bonds is 7. The minimum Gasteiger partial charge on any atom is -0.342 e. The summed E-state index contributed by atoms with van der Waals surface area (Å²) in [6, 6.07) is 4.69. The molecule has 0 unspecified atom stereocenters. The number of carbonyl (C=O) groups is 2. The Kier molecular flexibility index (Phi) is 7.53. The fourth-order valence-corrected chi connectivity index (χ4v) is 3.05. The number of piperazine rings is 1. The Balaban J connectivity index is 1.75. The zero-order chi connectivity index (χ0) is 19.1. The van der Waals surface area contributed by atoms with Crippen LogP contribution in [-0.2, 0) is 9.59 Å². The number of carbonyl (C=O) groups excluding carboxylic acids is 2. The van der Waals surface area contributed by atoms with E-state index in [0.717, 1.165) is 39.3 Å². The summed E-state index contributed by atoms with van der Waals surface area (Å²) in [5.41, 5.74) is 1.03. The Bertz CT molecular complexity index is 626. The number of hydrogen-bond acceptors (Lipinski definition) is 4. The van der Waals surface area contributed by atoms with Gasteiger partial charge in [0.1, 0.15) is 5.82 Å². The maximum absolute atomic E-state index is 13.5. The van der Waals surface area contributed by atoms with Crippen molar-refractivity contribution in [3.05, 3.63) is 29.6 Å². The highest BCUT2D eigenvalue weighted by atomic mass is 19.1. The molecule has 1 N–H and O–H groups in total. The second-order valence-electron chi connectivity index (χ2n) is 6.63. The molecule has 1 aromatic rings. The summed E-state index contributed by atoms with van der Waals surface area (Å²) in [6.45, 7) is 10.8. The fraction of sp³-hybridized carbons (Fsp3) is 0.579. The van der Waals surface area contributed by atoms with Crippen molar-refractivity contribution < 1.29 is 14.0 Å². The second-order valence-corrected chi connectivity index (χ2v) is 6.63. The van der Waals surface area contributed by atoms with E-state index < -0.39 is 0 Å². The molecule has 1 fully saturated rings. The molecule has 26 heavy (non-hydrogen) atoms. The van der Waals surface area contributed by atoms with Crippen LogP contribution in [-0.4, -0.2) is 78.9 Å². The predicted molar refractivity (Wildman–Crippen MR) is 101 cm³/mol. The van der Waals surface area contributed by atoms with Gasteiger partial charge in [0.2, 0.25) is 11.8 Å². The number of hydrogen-bond donors (Lipinski definition) is 1. The number of nitrogens with zero attached hydrogens (tertiary/aromatic N) is 3. The lowest BCUT2D eigenvalue weighted by molar-refractivity contribution is -0.132. The normalized spacial score (nSPS) is 15.7. The summed E-state index contributed by atoms with van der Waals surface area (Å²) >= 11 is 0. The molecule has 0 saturated carbocycles. The maximum atomic E-state index is 13.5. The summed E-state index contributed by atoms with van der Waals surface area (Å²) in [5.74, 6) is -0.321. The monoisotopic (exact) mass is 364 g/mol. The van der Waals surface area contributed by atoms with E-state index in [-0.39, 0.29) is 24.2 Å². The highest BCUT2D eigenvalue weighted by molar-refractivity contribution is 5.92. The van der Waals surface area contributed by atoms with E-state index in [0.29, 0.717) is 17.8 Å². The first-order valence-electron chi connectivity index (χ1n) is 9.21. The Morgan fingerprint density at radius 2 is 1.65 bits per heavy atom. The van der Waals surface area contributed by atoms with Crippen LogP contribution in [0.1, 0.15) is 19.4 Å². The number of halogens is 1. The van der Waals surface area contributed by atoms with E-state index in [2.05, 4.69) is 15.1 Å².